The van der Waals surface area contributed by atoms with Gasteiger partial charge in [-0.15, -0.1) is 6.42 Å². The first-order valence-electron chi connectivity index (χ1n) is 5.38. The number of terminal acetylenes is 1. The molecule has 1 aromatic rings. The lowest BCUT2D eigenvalue weighted by Gasteiger charge is -2.29. The minimum atomic E-state index is -1.09. The quantitative estimate of drug-likeness (QED) is 0.793. The third-order valence-corrected chi connectivity index (χ3v) is 2.63. The molecule has 1 heterocycles. The maximum atomic E-state index is 11.8. The summed E-state index contributed by atoms with van der Waals surface area (Å²) >= 11 is 0. The Bertz CT molecular complexity index is 544. The van der Waals surface area contributed by atoms with E-state index in [0.29, 0.717) is 12.2 Å². The number of hydrogen-bond donors (Lipinski definition) is 1. The minimum Gasteiger partial charge on any atom is -0.489 e. The molecule has 2 rings (SSSR count). The van der Waals surface area contributed by atoms with Gasteiger partial charge in [-0.05, 0) is 12.1 Å². The highest BCUT2D eigenvalue weighted by Crippen LogP contribution is 2.35. The Morgan fingerprint density at radius 2 is 2.28 bits per heavy atom. The van der Waals surface area contributed by atoms with Crippen LogP contribution in [-0.4, -0.2) is 30.1 Å². The van der Waals surface area contributed by atoms with Gasteiger partial charge in [0.05, 0.1) is 18.7 Å². The van der Waals surface area contributed by atoms with Gasteiger partial charge in [-0.1, -0.05) is 12.0 Å². The summed E-state index contributed by atoms with van der Waals surface area (Å²) < 4.78 is 5.35. The molecule has 0 saturated heterocycles. The fourth-order valence-electron chi connectivity index (χ4n) is 1.86. The Labute approximate surface area is 104 Å². The molecule has 1 aliphatic rings. The van der Waals surface area contributed by atoms with E-state index in [1.807, 2.05) is 0 Å². The molecule has 0 spiro atoms. The van der Waals surface area contributed by atoms with Crippen molar-refractivity contribution in [1.82, 2.24) is 0 Å². The lowest BCUT2D eigenvalue weighted by atomic mass is 10.1. The molecule has 0 aromatic heterocycles. The zero-order chi connectivity index (χ0) is 13.1. The highest BCUT2D eigenvalue weighted by Gasteiger charge is 2.26. The van der Waals surface area contributed by atoms with E-state index in [9.17, 15) is 9.59 Å². The lowest BCUT2D eigenvalue weighted by molar-refractivity contribution is -0.117. The van der Waals surface area contributed by atoms with Crippen LogP contribution in [0.3, 0.4) is 0 Å². The van der Waals surface area contributed by atoms with Crippen LogP contribution in [0.2, 0.25) is 0 Å². The minimum absolute atomic E-state index is 0.0171. The molecule has 0 aliphatic carbocycles. The Balaban J connectivity index is 2.45. The Morgan fingerprint density at radius 1 is 1.50 bits per heavy atom. The molecule has 1 aromatic carbocycles. The number of hydrogen-bond acceptors (Lipinski definition) is 3. The van der Waals surface area contributed by atoms with E-state index in [2.05, 4.69) is 5.92 Å². The summed E-state index contributed by atoms with van der Waals surface area (Å²) in [6.45, 7) is 0.629. The van der Waals surface area contributed by atoms with Crippen LogP contribution in [0.25, 0.3) is 0 Å². The maximum absolute atomic E-state index is 11.8. The second kappa shape index (κ2) is 4.80. The van der Waals surface area contributed by atoms with Gasteiger partial charge in [0.2, 0.25) is 5.91 Å². The molecule has 0 fully saturated rings. The molecule has 1 N–H and O–H groups in total. The topological polar surface area (TPSA) is 66.8 Å². The third-order valence-electron chi connectivity index (χ3n) is 2.63. The fourth-order valence-corrected chi connectivity index (χ4v) is 1.86. The van der Waals surface area contributed by atoms with Crippen molar-refractivity contribution in [2.75, 3.05) is 18.1 Å². The number of benzene rings is 1. The van der Waals surface area contributed by atoms with Gasteiger partial charge in [0, 0.05) is 0 Å². The summed E-state index contributed by atoms with van der Waals surface area (Å²) in [4.78, 5) is 24.3. The lowest BCUT2D eigenvalue weighted by Crippen LogP contribution is -2.38. The summed E-state index contributed by atoms with van der Waals surface area (Å²) in [5, 5.41) is 9.05. The molecule has 0 atom stereocenters. The summed E-state index contributed by atoms with van der Waals surface area (Å²) in [6, 6.07) is 4.67. The molecule has 0 unspecified atom stereocenters. The highest BCUT2D eigenvalue weighted by molar-refractivity contribution is 6.00. The molecule has 18 heavy (non-hydrogen) atoms. The molecule has 92 valence electrons. The first-order valence-corrected chi connectivity index (χ1v) is 5.38. The second-order valence-corrected chi connectivity index (χ2v) is 3.73. The van der Waals surface area contributed by atoms with Crippen LogP contribution < -0.4 is 9.64 Å². The van der Waals surface area contributed by atoms with Crippen molar-refractivity contribution in [2.24, 2.45) is 0 Å². The summed E-state index contributed by atoms with van der Waals surface area (Å²) in [5.74, 6) is 1.19. The molecular formula is C13H11NO4. The third kappa shape index (κ3) is 2.00. The van der Waals surface area contributed by atoms with E-state index in [4.69, 9.17) is 16.3 Å². The van der Waals surface area contributed by atoms with Gasteiger partial charge in [-0.25, -0.2) is 4.79 Å². The van der Waals surface area contributed by atoms with Crippen molar-refractivity contribution < 1.29 is 19.4 Å². The van der Waals surface area contributed by atoms with Crippen LogP contribution in [-0.2, 0) is 4.79 Å². The molecule has 1 amide bonds. The molecule has 1 aliphatic heterocycles. The largest absolute Gasteiger partial charge is 0.489 e. The first kappa shape index (κ1) is 12.0. The standard InChI is InChI=1S/C13H11NO4/c1-2-4-11(15)14-7-8-18-12-9(13(16)17)5-3-6-10(12)14/h1,3,5-6H,4,7-8H2,(H,16,17). The van der Waals surface area contributed by atoms with Crippen LogP contribution in [0.15, 0.2) is 18.2 Å². The smallest absolute Gasteiger partial charge is 0.339 e. The number of carbonyl (C=O) groups is 2. The Morgan fingerprint density at radius 3 is 2.94 bits per heavy atom. The van der Waals surface area contributed by atoms with Crippen LogP contribution in [0.1, 0.15) is 16.8 Å². The Kier molecular flexibility index (Phi) is 3.20. The van der Waals surface area contributed by atoms with Crippen molar-refractivity contribution >= 4 is 17.6 Å². The predicted octanol–water partition coefficient (Wildman–Crippen LogP) is 1.13. The number of aromatic carboxylic acids is 1. The van der Waals surface area contributed by atoms with Gasteiger partial charge in [0.25, 0.3) is 0 Å². The summed E-state index contributed by atoms with van der Waals surface area (Å²) in [6.07, 6.45) is 5.09. The number of carboxylic acid groups (broad SMARTS) is 1. The maximum Gasteiger partial charge on any atom is 0.339 e. The molecular weight excluding hydrogens is 234 g/mol. The normalized spacial score (nSPS) is 13.2. The number of fused-ring (bicyclic) bond motifs is 1. The monoisotopic (exact) mass is 245 g/mol. The van der Waals surface area contributed by atoms with Crippen LogP contribution in [0.5, 0.6) is 5.75 Å². The van der Waals surface area contributed by atoms with Crippen molar-refractivity contribution in [3.05, 3.63) is 23.8 Å². The van der Waals surface area contributed by atoms with Gasteiger partial charge in [0.1, 0.15) is 12.2 Å². The molecule has 0 radical (unpaired) electrons. The fraction of sp³-hybridized carbons (Fsp3) is 0.231. The van der Waals surface area contributed by atoms with Gasteiger partial charge in [0.15, 0.2) is 5.75 Å². The first-order chi connectivity index (χ1) is 8.65. The van der Waals surface area contributed by atoms with Crippen LogP contribution >= 0.6 is 0 Å². The molecule has 5 nitrogen and oxygen atoms in total. The number of nitrogens with zero attached hydrogens (tertiary/aromatic N) is 1. The number of anilines is 1. The number of carbonyl (C=O) groups excluding carboxylic acids is 1. The molecule has 0 bridgehead atoms. The van der Waals surface area contributed by atoms with E-state index in [0.717, 1.165) is 0 Å². The van der Waals surface area contributed by atoms with E-state index in [-0.39, 0.29) is 30.2 Å². The van der Waals surface area contributed by atoms with Crippen LogP contribution in [0.4, 0.5) is 5.69 Å². The number of ether oxygens (including phenoxy) is 1. The second-order valence-electron chi connectivity index (χ2n) is 3.73. The van der Waals surface area contributed by atoms with Crippen molar-refractivity contribution in [1.29, 1.82) is 0 Å². The number of carboxylic acids is 1. The summed E-state index contributed by atoms with van der Waals surface area (Å²) in [5.41, 5.74) is 0.507. The highest BCUT2D eigenvalue weighted by atomic mass is 16.5. The van der Waals surface area contributed by atoms with E-state index >= 15 is 0 Å². The summed E-state index contributed by atoms with van der Waals surface area (Å²) in [7, 11) is 0. The molecule has 5 heteroatoms. The average molecular weight is 245 g/mol. The number of rotatable bonds is 2. The van der Waals surface area contributed by atoms with E-state index in [1.54, 1.807) is 12.1 Å². The van der Waals surface area contributed by atoms with Gasteiger partial charge < -0.3 is 14.7 Å². The van der Waals surface area contributed by atoms with E-state index < -0.39 is 5.97 Å². The zero-order valence-electron chi connectivity index (χ0n) is 9.55. The van der Waals surface area contributed by atoms with Crippen molar-refractivity contribution in [2.45, 2.75) is 6.42 Å². The molecule has 0 saturated carbocycles. The van der Waals surface area contributed by atoms with E-state index in [1.165, 1.54) is 11.0 Å². The number of amides is 1. The average Bonchev–Trinajstić information content (AvgIpc) is 2.37. The SMILES string of the molecule is C#CCC(=O)N1CCOc2c(C(=O)O)cccc21. The van der Waals surface area contributed by atoms with Crippen molar-refractivity contribution in [3.8, 4) is 18.1 Å². The van der Waals surface area contributed by atoms with Gasteiger partial charge in [-0.2, -0.15) is 0 Å². The van der Waals surface area contributed by atoms with Gasteiger partial charge in [-0.3, -0.25) is 4.79 Å². The van der Waals surface area contributed by atoms with Gasteiger partial charge >= 0.3 is 5.97 Å². The zero-order valence-corrected chi connectivity index (χ0v) is 9.55. The van der Waals surface area contributed by atoms with Crippen molar-refractivity contribution in [3.63, 3.8) is 0 Å². The Hall–Kier alpha value is -2.48. The van der Waals surface area contributed by atoms with Crippen LogP contribution in [0, 0.1) is 12.3 Å². The predicted molar refractivity (Wildman–Crippen MR) is 64.7 cm³/mol. The number of para-hydroxylation sites is 1.